The van der Waals surface area contributed by atoms with Gasteiger partial charge in [0.2, 0.25) is 0 Å². The fraction of sp³-hybridized carbons (Fsp3) is 0.316. The predicted molar refractivity (Wildman–Crippen MR) is 90.9 cm³/mol. The Bertz CT molecular complexity index is 930. The molecular formula is C19H19N3O2. The number of nitrogens with zero attached hydrogens (tertiary/aromatic N) is 2. The molecule has 5 heteroatoms. The quantitative estimate of drug-likeness (QED) is 0.782. The number of hydrogen-bond acceptors (Lipinski definition) is 4. The number of nitrogens with one attached hydrogen (secondary N) is 1. The van der Waals surface area contributed by atoms with Gasteiger partial charge in [-0.1, -0.05) is 29.4 Å². The van der Waals surface area contributed by atoms with Gasteiger partial charge in [0.25, 0.3) is 5.91 Å². The van der Waals surface area contributed by atoms with Crippen molar-refractivity contribution in [1.29, 1.82) is 0 Å². The van der Waals surface area contributed by atoms with E-state index in [1.807, 2.05) is 32.0 Å². The third-order valence-corrected chi connectivity index (χ3v) is 4.63. The molecule has 24 heavy (non-hydrogen) atoms. The number of fused-ring (bicyclic) bond motifs is 2. The van der Waals surface area contributed by atoms with E-state index in [2.05, 4.69) is 27.6 Å². The minimum atomic E-state index is -0.229. The summed E-state index contributed by atoms with van der Waals surface area (Å²) in [6.07, 6.45) is 3.07. The Labute approximate surface area is 140 Å². The Kier molecular flexibility index (Phi) is 3.56. The van der Waals surface area contributed by atoms with Crippen LogP contribution in [0.2, 0.25) is 0 Å². The van der Waals surface area contributed by atoms with Crippen LogP contribution in [-0.2, 0) is 6.42 Å². The van der Waals surface area contributed by atoms with E-state index in [0.717, 1.165) is 30.5 Å². The van der Waals surface area contributed by atoms with Gasteiger partial charge in [-0.15, -0.1) is 0 Å². The number of amides is 1. The SMILES string of the molecule is Cc1cc(C)c2onc(C(=O)NC3CCCc4ccccc43)c2n1. The van der Waals surface area contributed by atoms with Crippen molar-refractivity contribution in [1.82, 2.24) is 15.5 Å². The lowest BCUT2D eigenvalue weighted by Crippen LogP contribution is -2.31. The molecule has 0 saturated carbocycles. The Hall–Kier alpha value is -2.69. The van der Waals surface area contributed by atoms with Crippen molar-refractivity contribution in [3.05, 3.63) is 58.4 Å². The molecule has 1 unspecified atom stereocenters. The normalized spacial score (nSPS) is 16.8. The molecule has 122 valence electrons. The minimum Gasteiger partial charge on any atom is -0.353 e. The lowest BCUT2D eigenvalue weighted by molar-refractivity contribution is 0.0925. The van der Waals surface area contributed by atoms with Gasteiger partial charge in [0.15, 0.2) is 11.3 Å². The van der Waals surface area contributed by atoms with E-state index in [1.54, 1.807) is 0 Å². The number of aryl methyl sites for hydroxylation is 3. The third-order valence-electron chi connectivity index (χ3n) is 4.63. The van der Waals surface area contributed by atoms with Crippen LogP contribution in [0.4, 0.5) is 0 Å². The second kappa shape index (κ2) is 5.74. The first-order chi connectivity index (χ1) is 11.6. The molecule has 0 fully saturated rings. The molecule has 1 atom stereocenters. The number of benzene rings is 1. The molecule has 0 saturated heterocycles. The van der Waals surface area contributed by atoms with Crippen LogP contribution in [-0.4, -0.2) is 16.0 Å². The minimum absolute atomic E-state index is 0.0140. The van der Waals surface area contributed by atoms with Gasteiger partial charge in [-0.05, 0) is 55.9 Å². The predicted octanol–water partition coefficient (Wildman–Crippen LogP) is 3.65. The largest absolute Gasteiger partial charge is 0.353 e. The van der Waals surface area contributed by atoms with Crippen LogP contribution in [0.15, 0.2) is 34.9 Å². The van der Waals surface area contributed by atoms with Gasteiger partial charge in [-0.3, -0.25) is 4.79 Å². The van der Waals surface area contributed by atoms with Gasteiger partial charge in [-0.25, -0.2) is 4.98 Å². The third kappa shape index (κ3) is 2.46. The van der Waals surface area contributed by atoms with E-state index < -0.39 is 0 Å². The monoisotopic (exact) mass is 321 g/mol. The second-order valence-corrected chi connectivity index (χ2v) is 6.41. The van der Waals surface area contributed by atoms with E-state index in [4.69, 9.17) is 4.52 Å². The number of aromatic nitrogens is 2. The zero-order chi connectivity index (χ0) is 16.7. The number of carbonyl (C=O) groups excluding carboxylic acids is 1. The topological polar surface area (TPSA) is 68.0 Å². The Balaban J connectivity index is 1.66. The number of hydrogen-bond donors (Lipinski definition) is 1. The fourth-order valence-corrected chi connectivity index (χ4v) is 3.51. The molecule has 4 rings (SSSR count). The molecule has 1 N–H and O–H groups in total. The Morgan fingerprint density at radius 2 is 2.12 bits per heavy atom. The molecule has 1 aromatic carbocycles. The highest BCUT2D eigenvalue weighted by Gasteiger charge is 2.25. The summed E-state index contributed by atoms with van der Waals surface area (Å²) in [5.41, 5.74) is 5.67. The Morgan fingerprint density at radius 3 is 3.00 bits per heavy atom. The number of rotatable bonds is 2. The van der Waals surface area contributed by atoms with Crippen molar-refractivity contribution >= 4 is 17.0 Å². The van der Waals surface area contributed by atoms with E-state index in [1.165, 1.54) is 11.1 Å². The van der Waals surface area contributed by atoms with Crippen molar-refractivity contribution in [3.63, 3.8) is 0 Å². The van der Waals surface area contributed by atoms with Crippen LogP contribution in [0.5, 0.6) is 0 Å². The second-order valence-electron chi connectivity index (χ2n) is 6.41. The zero-order valence-corrected chi connectivity index (χ0v) is 13.8. The standard InChI is InChI=1S/C19H19N3O2/c1-11-10-12(2)20-16-17(22-24-18(11)16)19(23)21-15-9-5-7-13-6-3-4-8-14(13)15/h3-4,6,8,10,15H,5,7,9H2,1-2H3,(H,21,23). The molecule has 0 aliphatic heterocycles. The van der Waals surface area contributed by atoms with Crippen LogP contribution in [0.1, 0.15) is 51.8 Å². The summed E-state index contributed by atoms with van der Waals surface area (Å²) in [4.78, 5) is 17.2. The highest BCUT2D eigenvalue weighted by Crippen LogP contribution is 2.30. The average molecular weight is 321 g/mol. The van der Waals surface area contributed by atoms with Crippen LogP contribution < -0.4 is 5.32 Å². The van der Waals surface area contributed by atoms with E-state index >= 15 is 0 Å². The van der Waals surface area contributed by atoms with Gasteiger partial charge >= 0.3 is 0 Å². The van der Waals surface area contributed by atoms with Crippen LogP contribution >= 0.6 is 0 Å². The number of carbonyl (C=O) groups is 1. The van der Waals surface area contributed by atoms with Crippen molar-refractivity contribution in [2.24, 2.45) is 0 Å². The van der Waals surface area contributed by atoms with Crippen molar-refractivity contribution < 1.29 is 9.32 Å². The molecule has 5 nitrogen and oxygen atoms in total. The van der Waals surface area contributed by atoms with Crippen LogP contribution in [0.25, 0.3) is 11.1 Å². The highest BCUT2D eigenvalue weighted by atomic mass is 16.5. The molecular weight excluding hydrogens is 302 g/mol. The van der Waals surface area contributed by atoms with Gasteiger partial charge < -0.3 is 9.84 Å². The lowest BCUT2D eigenvalue weighted by Gasteiger charge is -2.26. The fourth-order valence-electron chi connectivity index (χ4n) is 3.51. The molecule has 0 spiro atoms. The first kappa shape index (κ1) is 14.9. The summed E-state index contributed by atoms with van der Waals surface area (Å²) in [7, 11) is 0. The first-order valence-corrected chi connectivity index (χ1v) is 8.26. The zero-order valence-electron chi connectivity index (χ0n) is 13.8. The molecule has 1 amide bonds. The number of pyridine rings is 1. The van der Waals surface area contributed by atoms with E-state index in [-0.39, 0.29) is 17.6 Å². The lowest BCUT2D eigenvalue weighted by atomic mass is 9.87. The summed E-state index contributed by atoms with van der Waals surface area (Å²) < 4.78 is 5.34. The van der Waals surface area contributed by atoms with Crippen molar-refractivity contribution in [2.75, 3.05) is 0 Å². The molecule has 1 aliphatic carbocycles. The van der Waals surface area contributed by atoms with Gasteiger partial charge in [0.05, 0.1) is 6.04 Å². The Morgan fingerprint density at radius 1 is 1.29 bits per heavy atom. The molecule has 3 aromatic rings. The molecule has 1 aliphatic rings. The highest BCUT2D eigenvalue weighted by molar-refractivity contribution is 6.03. The molecule has 2 heterocycles. The van der Waals surface area contributed by atoms with E-state index in [9.17, 15) is 4.79 Å². The molecule has 0 bridgehead atoms. The maximum atomic E-state index is 12.7. The summed E-state index contributed by atoms with van der Waals surface area (Å²) in [6, 6.07) is 10.2. The van der Waals surface area contributed by atoms with Gasteiger partial charge in [0.1, 0.15) is 5.52 Å². The maximum Gasteiger partial charge on any atom is 0.276 e. The van der Waals surface area contributed by atoms with Crippen molar-refractivity contribution in [3.8, 4) is 0 Å². The summed E-state index contributed by atoms with van der Waals surface area (Å²) in [5.74, 6) is -0.229. The maximum absolute atomic E-state index is 12.7. The summed E-state index contributed by atoms with van der Waals surface area (Å²) >= 11 is 0. The van der Waals surface area contributed by atoms with Gasteiger partial charge in [-0.2, -0.15) is 0 Å². The van der Waals surface area contributed by atoms with E-state index in [0.29, 0.717) is 11.1 Å². The molecule has 2 aromatic heterocycles. The first-order valence-electron chi connectivity index (χ1n) is 8.26. The smallest absolute Gasteiger partial charge is 0.276 e. The summed E-state index contributed by atoms with van der Waals surface area (Å²) in [6.45, 7) is 3.83. The summed E-state index contributed by atoms with van der Waals surface area (Å²) in [5, 5.41) is 7.08. The molecule has 0 radical (unpaired) electrons. The average Bonchev–Trinajstić information content (AvgIpc) is 2.99. The van der Waals surface area contributed by atoms with Crippen LogP contribution in [0.3, 0.4) is 0 Å². The van der Waals surface area contributed by atoms with Gasteiger partial charge in [0, 0.05) is 5.69 Å². The van der Waals surface area contributed by atoms with Crippen LogP contribution in [0, 0.1) is 13.8 Å². The van der Waals surface area contributed by atoms with Crippen molar-refractivity contribution in [2.45, 2.75) is 39.2 Å².